The number of benzene rings is 3. The Morgan fingerprint density at radius 2 is 1.68 bits per heavy atom. The first kappa shape index (κ1) is 24.1. The summed E-state index contributed by atoms with van der Waals surface area (Å²) in [6.45, 7) is -0.175. The van der Waals surface area contributed by atoms with Crippen LogP contribution in [0.5, 0.6) is 23.0 Å². The van der Waals surface area contributed by atoms with E-state index >= 15 is 0 Å². The summed E-state index contributed by atoms with van der Waals surface area (Å²) in [7, 11) is 3.13. The van der Waals surface area contributed by atoms with Crippen LogP contribution >= 0.6 is 11.3 Å². The molecule has 5 aromatic rings. The summed E-state index contributed by atoms with van der Waals surface area (Å²) in [4.78, 5) is 31.1. The van der Waals surface area contributed by atoms with Gasteiger partial charge in [-0.2, -0.15) is 0 Å². The molecule has 0 unspecified atom stereocenters. The van der Waals surface area contributed by atoms with E-state index < -0.39 is 0 Å². The van der Waals surface area contributed by atoms with Crippen LogP contribution in [-0.4, -0.2) is 29.7 Å². The summed E-state index contributed by atoms with van der Waals surface area (Å²) >= 11 is 1.37. The molecule has 0 saturated carbocycles. The molecule has 5 rings (SSSR count). The summed E-state index contributed by atoms with van der Waals surface area (Å²) in [6.07, 6.45) is 1.40. The van der Waals surface area contributed by atoms with E-state index in [1.54, 1.807) is 44.6 Å². The molecule has 0 saturated heterocycles. The van der Waals surface area contributed by atoms with Gasteiger partial charge in [0, 0.05) is 16.6 Å². The number of hydrogen-bond donors (Lipinski definition) is 1. The minimum Gasteiger partial charge on any atom is -0.493 e. The van der Waals surface area contributed by atoms with Crippen molar-refractivity contribution in [1.29, 1.82) is 0 Å². The Kier molecular flexibility index (Phi) is 6.87. The summed E-state index contributed by atoms with van der Waals surface area (Å²) in [5.74, 6) is 2.18. The number of hydrogen-bond acceptors (Lipinski definition) is 7. The van der Waals surface area contributed by atoms with Gasteiger partial charge in [-0.1, -0.05) is 24.3 Å². The highest BCUT2D eigenvalue weighted by Gasteiger charge is 2.16. The maximum atomic E-state index is 13.3. The predicted molar refractivity (Wildman–Crippen MR) is 144 cm³/mol. The Balaban J connectivity index is 1.34. The minimum absolute atomic E-state index is 0.175. The average Bonchev–Trinajstić information content (AvgIpc) is 3.36. The maximum absolute atomic E-state index is 13.3. The molecule has 0 fully saturated rings. The van der Waals surface area contributed by atoms with Gasteiger partial charge in [0.05, 0.1) is 25.9 Å². The molecule has 8 nitrogen and oxygen atoms in total. The van der Waals surface area contributed by atoms with E-state index in [1.165, 1.54) is 22.2 Å². The molecule has 37 heavy (non-hydrogen) atoms. The number of amides is 1. The lowest BCUT2D eigenvalue weighted by Crippen LogP contribution is -2.27. The number of para-hydroxylation sites is 1. The fourth-order valence-corrected chi connectivity index (χ4v) is 4.79. The highest BCUT2D eigenvalue weighted by atomic mass is 32.1. The van der Waals surface area contributed by atoms with E-state index in [2.05, 4.69) is 10.3 Å². The number of anilines is 1. The highest BCUT2D eigenvalue weighted by molar-refractivity contribution is 7.17. The summed E-state index contributed by atoms with van der Waals surface area (Å²) in [5.41, 5.74) is 1.82. The number of thiophene rings is 1. The van der Waals surface area contributed by atoms with Crippen molar-refractivity contribution in [1.82, 2.24) is 9.55 Å². The van der Waals surface area contributed by atoms with Crippen LogP contribution in [0.25, 0.3) is 21.3 Å². The molecule has 0 aliphatic carbocycles. The zero-order valence-electron chi connectivity index (χ0n) is 20.1. The van der Waals surface area contributed by atoms with Crippen molar-refractivity contribution in [2.24, 2.45) is 0 Å². The van der Waals surface area contributed by atoms with E-state index in [0.29, 0.717) is 33.2 Å². The van der Waals surface area contributed by atoms with Gasteiger partial charge >= 0.3 is 0 Å². The van der Waals surface area contributed by atoms with Crippen molar-refractivity contribution in [2.45, 2.75) is 6.54 Å². The van der Waals surface area contributed by atoms with Crippen molar-refractivity contribution in [2.75, 3.05) is 19.5 Å². The fourth-order valence-electron chi connectivity index (χ4n) is 3.88. The predicted octanol–water partition coefficient (Wildman–Crippen LogP) is 5.57. The second kappa shape index (κ2) is 10.5. The Morgan fingerprint density at radius 3 is 2.41 bits per heavy atom. The van der Waals surface area contributed by atoms with Crippen molar-refractivity contribution in [3.05, 3.63) is 94.9 Å². The first-order valence-corrected chi connectivity index (χ1v) is 12.3. The second-order valence-electron chi connectivity index (χ2n) is 8.06. The lowest BCUT2D eigenvalue weighted by atomic mass is 10.1. The SMILES string of the molecule is COc1ccc(-c2csc3ncn(CC(=O)Nc4ccc(Oc5ccccc5)cc4)c(=O)c23)cc1OC. The molecule has 0 radical (unpaired) electrons. The Labute approximate surface area is 216 Å². The molecule has 0 atom stereocenters. The fraction of sp³-hybridized carbons (Fsp3) is 0.107. The van der Waals surface area contributed by atoms with Crippen LogP contribution in [0, 0.1) is 0 Å². The van der Waals surface area contributed by atoms with Gasteiger partial charge in [-0.05, 0) is 54.1 Å². The maximum Gasteiger partial charge on any atom is 0.263 e. The van der Waals surface area contributed by atoms with Crippen LogP contribution in [0.1, 0.15) is 0 Å². The quantitative estimate of drug-likeness (QED) is 0.292. The zero-order chi connectivity index (χ0) is 25.8. The van der Waals surface area contributed by atoms with E-state index in [-0.39, 0.29) is 18.0 Å². The van der Waals surface area contributed by atoms with Crippen LogP contribution in [0.4, 0.5) is 5.69 Å². The number of carbonyl (C=O) groups is 1. The van der Waals surface area contributed by atoms with Crippen LogP contribution in [0.3, 0.4) is 0 Å². The second-order valence-corrected chi connectivity index (χ2v) is 8.92. The van der Waals surface area contributed by atoms with Crippen LogP contribution in [0.2, 0.25) is 0 Å². The topological polar surface area (TPSA) is 91.7 Å². The Hall–Kier alpha value is -4.63. The normalized spacial score (nSPS) is 10.8. The van der Waals surface area contributed by atoms with Gasteiger partial charge in [-0.3, -0.25) is 14.2 Å². The highest BCUT2D eigenvalue weighted by Crippen LogP contribution is 2.36. The number of nitrogens with zero attached hydrogens (tertiary/aromatic N) is 2. The van der Waals surface area contributed by atoms with Crippen LogP contribution in [0.15, 0.2) is 89.3 Å². The number of aromatic nitrogens is 2. The molecule has 1 amide bonds. The monoisotopic (exact) mass is 513 g/mol. The van der Waals surface area contributed by atoms with E-state index in [9.17, 15) is 9.59 Å². The number of ether oxygens (including phenoxy) is 3. The summed E-state index contributed by atoms with van der Waals surface area (Å²) in [6, 6.07) is 21.9. The lowest BCUT2D eigenvalue weighted by molar-refractivity contribution is -0.116. The van der Waals surface area contributed by atoms with Crippen molar-refractivity contribution in [3.8, 4) is 34.1 Å². The minimum atomic E-state index is -0.345. The molecule has 9 heteroatoms. The van der Waals surface area contributed by atoms with Crippen molar-refractivity contribution >= 4 is 33.1 Å². The van der Waals surface area contributed by atoms with E-state index in [0.717, 1.165) is 16.9 Å². The molecule has 0 bridgehead atoms. The smallest absolute Gasteiger partial charge is 0.263 e. The summed E-state index contributed by atoms with van der Waals surface area (Å²) in [5, 5.41) is 5.15. The largest absolute Gasteiger partial charge is 0.493 e. The van der Waals surface area contributed by atoms with E-state index in [1.807, 2.05) is 47.8 Å². The molecular weight excluding hydrogens is 490 g/mol. The third kappa shape index (κ3) is 5.17. The Bertz CT molecular complexity index is 1610. The number of fused-ring (bicyclic) bond motifs is 1. The third-order valence-corrected chi connectivity index (χ3v) is 6.57. The van der Waals surface area contributed by atoms with Crippen LogP contribution < -0.4 is 25.1 Å². The van der Waals surface area contributed by atoms with Crippen molar-refractivity contribution < 1.29 is 19.0 Å². The molecule has 0 aliphatic rings. The number of nitrogens with one attached hydrogen (secondary N) is 1. The molecule has 2 aromatic heterocycles. The number of carbonyl (C=O) groups excluding carboxylic acids is 1. The molecule has 3 aromatic carbocycles. The first-order chi connectivity index (χ1) is 18.1. The van der Waals surface area contributed by atoms with Gasteiger partial charge in [0.2, 0.25) is 5.91 Å². The Morgan fingerprint density at radius 1 is 0.946 bits per heavy atom. The average molecular weight is 514 g/mol. The molecule has 0 spiro atoms. The molecule has 1 N–H and O–H groups in total. The lowest BCUT2D eigenvalue weighted by Gasteiger charge is -2.10. The molecule has 0 aliphatic heterocycles. The van der Waals surface area contributed by atoms with Crippen molar-refractivity contribution in [3.63, 3.8) is 0 Å². The van der Waals surface area contributed by atoms with Gasteiger partial charge in [-0.15, -0.1) is 11.3 Å². The standard InChI is InChI=1S/C28H23N3O5S/c1-34-23-13-8-18(14-24(23)35-2)22-16-37-27-26(22)28(33)31(17-29-27)15-25(32)30-19-9-11-21(12-10-19)36-20-6-4-3-5-7-20/h3-14,16-17H,15H2,1-2H3,(H,30,32). The zero-order valence-corrected chi connectivity index (χ0v) is 21.0. The molecule has 186 valence electrons. The molecule has 2 heterocycles. The number of rotatable bonds is 8. The van der Waals surface area contributed by atoms with Gasteiger partial charge < -0.3 is 19.5 Å². The van der Waals surface area contributed by atoms with Gasteiger partial charge in [0.1, 0.15) is 22.9 Å². The van der Waals surface area contributed by atoms with Gasteiger partial charge in [0.25, 0.3) is 5.56 Å². The van der Waals surface area contributed by atoms with E-state index in [4.69, 9.17) is 14.2 Å². The third-order valence-electron chi connectivity index (χ3n) is 5.69. The number of methoxy groups -OCH3 is 2. The van der Waals surface area contributed by atoms with Crippen LogP contribution in [-0.2, 0) is 11.3 Å². The molecular formula is C28H23N3O5S. The summed E-state index contributed by atoms with van der Waals surface area (Å²) < 4.78 is 17.8. The first-order valence-electron chi connectivity index (χ1n) is 11.4. The van der Waals surface area contributed by atoms with Gasteiger partial charge in [0.15, 0.2) is 11.5 Å². The van der Waals surface area contributed by atoms with Gasteiger partial charge in [-0.25, -0.2) is 4.98 Å².